The highest BCUT2D eigenvalue weighted by Gasteiger charge is 2.20. The Morgan fingerprint density at radius 1 is 1.03 bits per heavy atom. The van der Waals surface area contributed by atoms with Gasteiger partial charge in [-0.3, -0.25) is 9.59 Å². The van der Waals surface area contributed by atoms with Crippen molar-refractivity contribution in [3.8, 4) is 22.8 Å². The van der Waals surface area contributed by atoms with Crippen molar-refractivity contribution < 1.29 is 22.5 Å². The normalized spacial score (nSPS) is 11.1. The van der Waals surface area contributed by atoms with E-state index in [9.17, 15) is 22.8 Å². The Kier molecular flexibility index (Phi) is 5.80. The van der Waals surface area contributed by atoms with Crippen LogP contribution in [0.3, 0.4) is 0 Å². The number of nitrogens with one attached hydrogen (secondary N) is 1. The molecule has 0 fully saturated rings. The van der Waals surface area contributed by atoms with Crippen molar-refractivity contribution >= 4 is 22.6 Å². The van der Waals surface area contributed by atoms with Crippen molar-refractivity contribution in [3.63, 3.8) is 0 Å². The van der Waals surface area contributed by atoms with Crippen molar-refractivity contribution in [2.45, 2.75) is 13.5 Å². The van der Waals surface area contributed by atoms with Crippen molar-refractivity contribution in [3.05, 3.63) is 94.2 Å². The number of carbonyl (C=O) groups is 1. The molecule has 0 bridgehead atoms. The molecule has 0 spiro atoms. The van der Waals surface area contributed by atoms with Gasteiger partial charge in [0.1, 0.15) is 40.9 Å². The highest BCUT2D eigenvalue weighted by Crippen LogP contribution is 2.23. The zero-order valence-electron chi connectivity index (χ0n) is 18.6. The number of hydrogen-bond donors (Lipinski definition) is 1. The Bertz CT molecular complexity index is 1680. The van der Waals surface area contributed by atoms with Gasteiger partial charge in [-0.2, -0.15) is 4.98 Å². The van der Waals surface area contributed by atoms with Gasteiger partial charge in [0.2, 0.25) is 17.2 Å². The maximum Gasteiger partial charge on any atom is 0.263 e. The number of fused-ring (bicyclic) bond motifs is 1. The Morgan fingerprint density at radius 3 is 2.53 bits per heavy atom. The molecule has 180 valence electrons. The van der Waals surface area contributed by atoms with Crippen LogP contribution in [0.4, 0.5) is 18.9 Å². The molecule has 5 rings (SSSR count). The maximum atomic E-state index is 14.0. The number of pyridine rings is 2. The number of para-hydroxylation sites is 1. The summed E-state index contributed by atoms with van der Waals surface area (Å²) >= 11 is 0. The van der Waals surface area contributed by atoms with Crippen molar-refractivity contribution in [1.29, 1.82) is 0 Å². The van der Waals surface area contributed by atoms with Crippen molar-refractivity contribution in [2.24, 2.45) is 0 Å². The number of anilines is 1. The summed E-state index contributed by atoms with van der Waals surface area (Å²) in [5.74, 6) is -3.21. The predicted molar refractivity (Wildman–Crippen MR) is 124 cm³/mol. The van der Waals surface area contributed by atoms with Crippen LogP contribution in [0, 0.1) is 24.4 Å². The lowest BCUT2D eigenvalue weighted by atomic mass is 10.1. The van der Waals surface area contributed by atoms with E-state index in [4.69, 9.17) is 4.52 Å². The molecule has 0 aliphatic heterocycles. The molecule has 36 heavy (non-hydrogen) atoms. The highest BCUT2D eigenvalue weighted by atomic mass is 19.1. The minimum Gasteiger partial charge on any atom is -0.333 e. The Balaban J connectivity index is 1.57. The van der Waals surface area contributed by atoms with Gasteiger partial charge in [0.05, 0.1) is 5.39 Å². The van der Waals surface area contributed by atoms with Crippen LogP contribution in [0.15, 0.2) is 70.1 Å². The minimum atomic E-state index is -0.932. The van der Waals surface area contributed by atoms with Crippen LogP contribution in [0.25, 0.3) is 33.9 Å². The fourth-order valence-electron chi connectivity index (χ4n) is 3.66. The third-order valence-electron chi connectivity index (χ3n) is 5.34. The molecular weight excluding hydrogens is 475 g/mol. The van der Waals surface area contributed by atoms with Crippen LogP contribution in [0.2, 0.25) is 0 Å². The van der Waals surface area contributed by atoms with Gasteiger partial charge in [-0.05, 0) is 43.3 Å². The van der Waals surface area contributed by atoms with Crippen LogP contribution < -0.4 is 10.7 Å². The number of halogens is 3. The summed E-state index contributed by atoms with van der Waals surface area (Å²) in [5.41, 5.74) is -0.00612. The van der Waals surface area contributed by atoms with E-state index >= 15 is 0 Å². The first-order chi connectivity index (χ1) is 17.3. The first-order valence-corrected chi connectivity index (χ1v) is 10.6. The largest absolute Gasteiger partial charge is 0.333 e. The van der Waals surface area contributed by atoms with E-state index in [-0.39, 0.29) is 28.3 Å². The fourth-order valence-corrected chi connectivity index (χ4v) is 3.66. The SMILES string of the molecule is Cc1ccc2c(=O)c(-c3nc(-c4cccc(F)c4)no3)cn(CC(=O)Nc3c(F)cccc3F)c2n1. The average Bonchev–Trinajstić information content (AvgIpc) is 3.33. The molecule has 2 aromatic carbocycles. The summed E-state index contributed by atoms with van der Waals surface area (Å²) in [7, 11) is 0. The number of benzene rings is 2. The smallest absolute Gasteiger partial charge is 0.263 e. The molecule has 0 aliphatic rings. The molecule has 1 amide bonds. The van der Waals surface area contributed by atoms with Gasteiger partial charge >= 0.3 is 0 Å². The quantitative estimate of drug-likeness (QED) is 0.389. The third-order valence-corrected chi connectivity index (χ3v) is 5.34. The Hall–Kier alpha value is -4.80. The molecule has 0 saturated carbocycles. The number of rotatable bonds is 5. The number of amides is 1. The first-order valence-electron chi connectivity index (χ1n) is 10.6. The molecule has 8 nitrogen and oxygen atoms in total. The van der Waals surface area contributed by atoms with Gasteiger partial charge in [0, 0.05) is 17.5 Å². The lowest BCUT2D eigenvalue weighted by Crippen LogP contribution is -2.23. The zero-order valence-corrected chi connectivity index (χ0v) is 18.6. The molecule has 0 unspecified atom stereocenters. The third kappa shape index (κ3) is 4.33. The summed E-state index contributed by atoms with van der Waals surface area (Å²) in [6.45, 7) is 1.28. The van der Waals surface area contributed by atoms with Crippen molar-refractivity contribution in [1.82, 2.24) is 19.7 Å². The summed E-state index contributed by atoms with van der Waals surface area (Å²) < 4.78 is 48.2. The molecule has 0 aliphatic carbocycles. The standard InChI is InChI=1S/C25H16F3N5O3/c1-13-8-9-16-22(35)17(25-31-23(32-36-25)14-4-2-5-15(26)10-14)11-33(24(16)29-13)12-20(34)30-21-18(27)6-3-7-19(21)28/h2-11H,12H2,1H3,(H,30,34). The highest BCUT2D eigenvalue weighted by molar-refractivity contribution is 5.92. The first kappa shape index (κ1) is 23.0. The van der Waals surface area contributed by atoms with Gasteiger partial charge in [-0.15, -0.1) is 0 Å². The van der Waals surface area contributed by atoms with Crippen LogP contribution in [-0.4, -0.2) is 25.6 Å². The fraction of sp³-hybridized carbons (Fsp3) is 0.0800. The van der Waals surface area contributed by atoms with Gasteiger partial charge in [-0.25, -0.2) is 18.2 Å². The lowest BCUT2D eigenvalue weighted by molar-refractivity contribution is -0.116. The molecule has 0 saturated heterocycles. The maximum absolute atomic E-state index is 14.0. The number of aryl methyl sites for hydroxylation is 1. The molecule has 0 radical (unpaired) electrons. The topological polar surface area (TPSA) is 103 Å². The van der Waals surface area contributed by atoms with Gasteiger partial charge in [0.25, 0.3) is 5.89 Å². The second-order valence-electron chi connectivity index (χ2n) is 7.90. The van der Waals surface area contributed by atoms with E-state index in [1.807, 2.05) is 0 Å². The molecular formula is C25H16F3N5O3. The van der Waals surface area contributed by atoms with Crippen LogP contribution in [0.5, 0.6) is 0 Å². The number of hydrogen-bond acceptors (Lipinski definition) is 6. The van der Waals surface area contributed by atoms with E-state index in [1.165, 1.54) is 41.1 Å². The average molecular weight is 491 g/mol. The van der Waals surface area contributed by atoms with E-state index in [1.54, 1.807) is 19.1 Å². The van der Waals surface area contributed by atoms with Crippen LogP contribution in [-0.2, 0) is 11.3 Å². The molecule has 11 heteroatoms. The molecule has 5 aromatic rings. The second kappa shape index (κ2) is 9.10. The van der Waals surface area contributed by atoms with E-state index in [2.05, 4.69) is 20.4 Å². The Morgan fingerprint density at radius 2 is 1.78 bits per heavy atom. The minimum absolute atomic E-state index is 0.0341. The van der Waals surface area contributed by atoms with Crippen molar-refractivity contribution in [2.75, 3.05) is 5.32 Å². The summed E-state index contributed by atoms with van der Waals surface area (Å²) in [5, 5.41) is 6.19. The van der Waals surface area contributed by atoms with Gasteiger partial charge in [0.15, 0.2) is 0 Å². The second-order valence-corrected chi connectivity index (χ2v) is 7.90. The van der Waals surface area contributed by atoms with E-state index in [0.717, 1.165) is 12.1 Å². The van der Waals surface area contributed by atoms with Crippen LogP contribution in [0.1, 0.15) is 5.69 Å². The number of carbonyl (C=O) groups excluding carboxylic acids is 1. The van der Waals surface area contributed by atoms with Crippen LogP contribution >= 0.6 is 0 Å². The van der Waals surface area contributed by atoms with E-state index in [0.29, 0.717) is 11.3 Å². The molecule has 3 aromatic heterocycles. The van der Waals surface area contributed by atoms with Gasteiger partial charge in [-0.1, -0.05) is 23.4 Å². The molecule has 3 heterocycles. The summed E-state index contributed by atoms with van der Waals surface area (Å²) in [6, 6.07) is 11.9. The lowest BCUT2D eigenvalue weighted by Gasteiger charge is -2.13. The van der Waals surface area contributed by atoms with E-state index < -0.39 is 41.0 Å². The van der Waals surface area contributed by atoms with Gasteiger partial charge < -0.3 is 14.4 Å². The summed E-state index contributed by atoms with van der Waals surface area (Å²) in [6.07, 6.45) is 1.30. The predicted octanol–water partition coefficient (Wildman–Crippen LogP) is 4.48. The summed E-state index contributed by atoms with van der Waals surface area (Å²) in [4.78, 5) is 34.5. The Labute approximate surface area is 201 Å². The monoisotopic (exact) mass is 491 g/mol. The number of nitrogens with zero attached hydrogens (tertiary/aromatic N) is 4. The number of aromatic nitrogens is 4. The molecule has 1 N–H and O–H groups in total. The molecule has 0 atom stereocenters. The zero-order chi connectivity index (χ0) is 25.4.